The lowest BCUT2D eigenvalue weighted by Crippen LogP contribution is -2.26. The van der Waals surface area contributed by atoms with Gasteiger partial charge in [-0.15, -0.1) is 0 Å². The zero-order valence-corrected chi connectivity index (χ0v) is 15.5. The molecule has 0 aliphatic heterocycles. The van der Waals surface area contributed by atoms with Crippen LogP contribution in [0.1, 0.15) is 50.9 Å². The number of benzene rings is 2. The zero-order chi connectivity index (χ0) is 17.5. The molecule has 0 saturated heterocycles. The Balaban J connectivity index is 2.75. The third-order valence-electron chi connectivity index (χ3n) is 4.59. The van der Waals surface area contributed by atoms with E-state index in [2.05, 4.69) is 61.8 Å². The van der Waals surface area contributed by atoms with Gasteiger partial charge < -0.3 is 9.80 Å². The van der Waals surface area contributed by atoms with Gasteiger partial charge in [0.15, 0.2) is 6.29 Å². The summed E-state index contributed by atoms with van der Waals surface area (Å²) in [6.07, 6.45) is 3.20. The van der Waals surface area contributed by atoms with Gasteiger partial charge in [-0.2, -0.15) is 0 Å². The first-order chi connectivity index (χ1) is 11.7. The molecule has 0 heterocycles. The number of carbonyl (C=O) groups excluding carboxylic acids is 1. The lowest BCUT2D eigenvalue weighted by atomic mass is 10.00. The minimum Gasteiger partial charge on any atom is -0.371 e. The standard InChI is InChI=1S/C21H30N2O/c1-5-14-22(7-3)19-11-9-10-18-17(16-24)12-13-20(21(18)19)23(8-4)15-6-2/h9-13,16H,5-8,14-15H2,1-4H3. The molecule has 0 fully saturated rings. The van der Waals surface area contributed by atoms with Crippen LogP contribution in [0.2, 0.25) is 0 Å². The van der Waals surface area contributed by atoms with Crippen LogP contribution in [0.3, 0.4) is 0 Å². The molecule has 24 heavy (non-hydrogen) atoms. The van der Waals surface area contributed by atoms with Crippen LogP contribution in [0.4, 0.5) is 11.4 Å². The lowest BCUT2D eigenvalue weighted by Gasteiger charge is -2.29. The van der Waals surface area contributed by atoms with Crippen LogP contribution < -0.4 is 9.80 Å². The van der Waals surface area contributed by atoms with Crippen LogP contribution in [0.25, 0.3) is 10.8 Å². The maximum atomic E-state index is 11.5. The molecular formula is C21H30N2O. The van der Waals surface area contributed by atoms with Crippen LogP contribution >= 0.6 is 0 Å². The Hall–Kier alpha value is -2.03. The topological polar surface area (TPSA) is 23.6 Å². The Morgan fingerprint density at radius 2 is 1.42 bits per heavy atom. The highest BCUT2D eigenvalue weighted by atomic mass is 16.1. The molecule has 0 aromatic heterocycles. The summed E-state index contributed by atoms with van der Waals surface area (Å²) in [7, 11) is 0. The van der Waals surface area contributed by atoms with Crippen LogP contribution in [-0.2, 0) is 0 Å². The monoisotopic (exact) mass is 326 g/mol. The van der Waals surface area contributed by atoms with Gasteiger partial charge in [0.1, 0.15) is 0 Å². The molecule has 0 saturated carbocycles. The minimum absolute atomic E-state index is 0.774. The number of carbonyl (C=O) groups is 1. The van der Waals surface area contributed by atoms with Gasteiger partial charge in [0.25, 0.3) is 0 Å². The van der Waals surface area contributed by atoms with E-state index >= 15 is 0 Å². The summed E-state index contributed by atoms with van der Waals surface area (Å²) in [6.45, 7) is 12.8. The van der Waals surface area contributed by atoms with E-state index in [1.54, 1.807) is 0 Å². The molecule has 0 amide bonds. The molecule has 0 unspecified atom stereocenters. The summed E-state index contributed by atoms with van der Waals surface area (Å²) < 4.78 is 0. The third-order valence-corrected chi connectivity index (χ3v) is 4.59. The maximum Gasteiger partial charge on any atom is 0.150 e. The van der Waals surface area contributed by atoms with E-state index in [1.165, 1.54) is 16.8 Å². The Morgan fingerprint density at radius 1 is 0.833 bits per heavy atom. The Morgan fingerprint density at radius 3 is 1.92 bits per heavy atom. The molecule has 0 aliphatic rings. The van der Waals surface area contributed by atoms with Crippen molar-refractivity contribution < 1.29 is 4.79 Å². The van der Waals surface area contributed by atoms with Gasteiger partial charge >= 0.3 is 0 Å². The normalized spacial score (nSPS) is 10.8. The fraction of sp³-hybridized carbons (Fsp3) is 0.476. The number of hydrogen-bond donors (Lipinski definition) is 0. The van der Waals surface area contributed by atoms with Crippen LogP contribution in [0.5, 0.6) is 0 Å². The average molecular weight is 326 g/mol. The predicted octanol–water partition coefficient (Wildman–Crippen LogP) is 5.12. The zero-order valence-electron chi connectivity index (χ0n) is 15.5. The van der Waals surface area contributed by atoms with Crippen molar-refractivity contribution in [3.05, 3.63) is 35.9 Å². The van der Waals surface area contributed by atoms with Crippen molar-refractivity contribution in [2.45, 2.75) is 40.5 Å². The van der Waals surface area contributed by atoms with Crippen molar-refractivity contribution in [3.63, 3.8) is 0 Å². The Labute approximate surface area is 146 Å². The maximum absolute atomic E-state index is 11.5. The number of nitrogens with zero attached hydrogens (tertiary/aromatic N) is 2. The summed E-state index contributed by atoms with van der Waals surface area (Å²) in [4.78, 5) is 16.4. The third kappa shape index (κ3) is 3.55. The molecule has 0 bridgehead atoms. The van der Waals surface area contributed by atoms with E-state index in [0.717, 1.165) is 56.3 Å². The highest BCUT2D eigenvalue weighted by Gasteiger charge is 2.16. The molecule has 2 aromatic carbocycles. The molecule has 2 rings (SSSR count). The van der Waals surface area contributed by atoms with Gasteiger partial charge in [0.05, 0.1) is 0 Å². The molecular weight excluding hydrogens is 296 g/mol. The van der Waals surface area contributed by atoms with Gasteiger partial charge in [0.2, 0.25) is 0 Å². The fourth-order valence-corrected chi connectivity index (χ4v) is 3.46. The van der Waals surface area contributed by atoms with Crippen molar-refractivity contribution in [2.24, 2.45) is 0 Å². The van der Waals surface area contributed by atoms with Crippen LogP contribution in [0, 0.1) is 0 Å². The summed E-state index contributed by atoms with van der Waals surface area (Å²) in [5.74, 6) is 0. The lowest BCUT2D eigenvalue weighted by molar-refractivity contribution is 0.112. The molecule has 0 N–H and O–H groups in total. The summed E-state index contributed by atoms with van der Waals surface area (Å²) in [5.41, 5.74) is 3.26. The largest absolute Gasteiger partial charge is 0.371 e. The van der Waals surface area contributed by atoms with Crippen LogP contribution in [0.15, 0.2) is 30.3 Å². The second-order valence-electron chi connectivity index (χ2n) is 6.15. The van der Waals surface area contributed by atoms with Gasteiger partial charge in [-0.1, -0.05) is 26.0 Å². The second kappa shape index (κ2) is 8.72. The smallest absolute Gasteiger partial charge is 0.150 e. The first-order valence-electron chi connectivity index (χ1n) is 9.22. The molecule has 3 heteroatoms. The first kappa shape index (κ1) is 18.3. The molecule has 3 nitrogen and oxygen atoms in total. The van der Waals surface area contributed by atoms with E-state index in [-0.39, 0.29) is 0 Å². The van der Waals surface area contributed by atoms with E-state index in [0.29, 0.717) is 0 Å². The molecule has 0 radical (unpaired) electrons. The number of rotatable bonds is 9. The number of fused-ring (bicyclic) bond motifs is 1. The molecule has 2 aromatic rings. The van der Waals surface area contributed by atoms with Crippen LogP contribution in [-0.4, -0.2) is 32.5 Å². The molecule has 130 valence electrons. The SMILES string of the molecule is CCCN(CC)c1cccc2c(C=O)ccc(N(CC)CCC)c12. The molecule has 0 aliphatic carbocycles. The quantitative estimate of drug-likeness (QED) is 0.597. The molecule has 0 atom stereocenters. The average Bonchev–Trinajstić information content (AvgIpc) is 2.63. The highest BCUT2D eigenvalue weighted by Crippen LogP contribution is 2.37. The fourth-order valence-electron chi connectivity index (χ4n) is 3.46. The Kier molecular flexibility index (Phi) is 6.65. The summed E-state index contributed by atoms with van der Waals surface area (Å²) in [6, 6.07) is 10.4. The Bertz CT molecular complexity index is 661. The van der Waals surface area contributed by atoms with Gasteiger partial charge in [-0.25, -0.2) is 0 Å². The molecule has 0 spiro atoms. The number of anilines is 2. The van der Waals surface area contributed by atoms with Gasteiger partial charge in [0, 0.05) is 48.5 Å². The summed E-state index contributed by atoms with van der Waals surface area (Å²) in [5, 5.41) is 2.27. The summed E-state index contributed by atoms with van der Waals surface area (Å²) >= 11 is 0. The van der Waals surface area contributed by atoms with Crippen molar-refractivity contribution in [3.8, 4) is 0 Å². The van der Waals surface area contributed by atoms with Crippen molar-refractivity contribution in [1.29, 1.82) is 0 Å². The van der Waals surface area contributed by atoms with E-state index in [9.17, 15) is 4.79 Å². The second-order valence-corrected chi connectivity index (χ2v) is 6.15. The minimum atomic E-state index is 0.774. The van der Waals surface area contributed by atoms with Crippen molar-refractivity contribution in [1.82, 2.24) is 0 Å². The van der Waals surface area contributed by atoms with Crippen molar-refractivity contribution in [2.75, 3.05) is 36.0 Å². The van der Waals surface area contributed by atoms with E-state index in [4.69, 9.17) is 0 Å². The number of hydrogen-bond acceptors (Lipinski definition) is 3. The van der Waals surface area contributed by atoms with E-state index in [1.807, 2.05) is 6.07 Å². The predicted molar refractivity (Wildman–Crippen MR) is 106 cm³/mol. The van der Waals surface area contributed by atoms with E-state index < -0.39 is 0 Å². The number of aldehydes is 1. The van der Waals surface area contributed by atoms with Gasteiger partial charge in [-0.3, -0.25) is 4.79 Å². The highest BCUT2D eigenvalue weighted by molar-refractivity contribution is 6.10. The first-order valence-corrected chi connectivity index (χ1v) is 9.22. The van der Waals surface area contributed by atoms with Gasteiger partial charge in [-0.05, 0) is 50.3 Å². The van der Waals surface area contributed by atoms with Crippen molar-refractivity contribution >= 4 is 28.4 Å².